The number of hydrazone groups is 1. The van der Waals surface area contributed by atoms with E-state index in [2.05, 4.69) is 58.7 Å². The summed E-state index contributed by atoms with van der Waals surface area (Å²) in [6, 6.07) is 16.4. The first-order valence-electron chi connectivity index (χ1n) is 7.28. The Kier molecular flexibility index (Phi) is 7.02. The number of hydrogen-bond acceptors (Lipinski definition) is 3. The predicted octanol–water partition coefficient (Wildman–Crippen LogP) is 4.53. The minimum absolute atomic E-state index is 1.00. The minimum atomic E-state index is 1.00. The first-order chi connectivity index (χ1) is 10.1. The van der Waals surface area contributed by atoms with Crippen molar-refractivity contribution in [3.8, 4) is 0 Å². The van der Waals surface area contributed by atoms with Gasteiger partial charge in [-0.25, -0.2) is 0 Å². The van der Waals surface area contributed by atoms with Crippen molar-refractivity contribution in [2.45, 2.75) is 20.8 Å². The van der Waals surface area contributed by atoms with Crippen LogP contribution in [0.3, 0.4) is 0 Å². The molecule has 2 aromatic rings. The number of benzene rings is 2. The molecule has 21 heavy (non-hydrogen) atoms. The van der Waals surface area contributed by atoms with Crippen molar-refractivity contribution in [1.82, 2.24) is 0 Å². The Hall–Kier alpha value is -2.29. The van der Waals surface area contributed by atoms with Crippen LogP contribution in [0.25, 0.3) is 0 Å². The van der Waals surface area contributed by atoms with Crippen molar-refractivity contribution in [2.75, 3.05) is 24.4 Å². The summed E-state index contributed by atoms with van der Waals surface area (Å²) in [5.74, 6) is 0. The summed E-state index contributed by atoms with van der Waals surface area (Å²) in [5.41, 5.74) is 7.51. The van der Waals surface area contributed by atoms with Crippen LogP contribution in [-0.4, -0.2) is 20.3 Å². The van der Waals surface area contributed by atoms with E-state index in [9.17, 15) is 0 Å². The van der Waals surface area contributed by atoms with E-state index in [1.54, 1.807) is 0 Å². The van der Waals surface area contributed by atoms with Gasteiger partial charge in [-0.05, 0) is 42.3 Å². The van der Waals surface area contributed by atoms with Gasteiger partial charge in [0, 0.05) is 19.8 Å². The topological polar surface area (TPSA) is 27.6 Å². The van der Waals surface area contributed by atoms with Crippen LogP contribution in [0.2, 0.25) is 0 Å². The van der Waals surface area contributed by atoms with Crippen LogP contribution >= 0.6 is 0 Å². The molecule has 112 valence electrons. The van der Waals surface area contributed by atoms with Crippen molar-refractivity contribution in [2.24, 2.45) is 5.10 Å². The molecule has 0 spiro atoms. The number of nitrogens with one attached hydrogen (secondary N) is 1. The van der Waals surface area contributed by atoms with E-state index in [-0.39, 0.29) is 0 Å². The monoisotopic (exact) mass is 283 g/mol. The number of hydrogen-bond donors (Lipinski definition) is 1. The SMILES string of the molecule is CC.Cc1cccc(N/N=C/c2ccc(N(C)C)cc2)c1. The summed E-state index contributed by atoms with van der Waals surface area (Å²) in [6.45, 7) is 6.06. The molecule has 3 heteroatoms. The molecule has 0 aliphatic heterocycles. The fourth-order valence-corrected chi connectivity index (χ4v) is 1.75. The lowest BCUT2D eigenvalue weighted by Crippen LogP contribution is -2.08. The van der Waals surface area contributed by atoms with Gasteiger partial charge < -0.3 is 4.90 Å². The third kappa shape index (κ3) is 5.69. The van der Waals surface area contributed by atoms with E-state index in [0.29, 0.717) is 0 Å². The van der Waals surface area contributed by atoms with E-state index in [0.717, 1.165) is 11.3 Å². The lowest BCUT2D eigenvalue weighted by atomic mass is 10.2. The lowest BCUT2D eigenvalue weighted by molar-refractivity contribution is 1.13. The van der Waals surface area contributed by atoms with Crippen LogP contribution in [0.4, 0.5) is 11.4 Å². The standard InChI is InChI=1S/C16H19N3.C2H6/c1-13-5-4-6-15(11-13)18-17-12-14-7-9-16(10-8-14)19(2)3;1-2/h4-12,18H,1-3H3;1-2H3/b17-12+;. The molecule has 0 heterocycles. The maximum Gasteiger partial charge on any atom is 0.0564 e. The first-order valence-corrected chi connectivity index (χ1v) is 7.28. The Bertz CT molecular complexity index is 557. The van der Waals surface area contributed by atoms with Gasteiger partial charge in [0.15, 0.2) is 0 Å². The van der Waals surface area contributed by atoms with Crippen LogP contribution in [-0.2, 0) is 0 Å². The van der Waals surface area contributed by atoms with Gasteiger partial charge in [0.1, 0.15) is 0 Å². The second-order valence-corrected chi connectivity index (χ2v) is 4.73. The fourth-order valence-electron chi connectivity index (χ4n) is 1.75. The van der Waals surface area contributed by atoms with Gasteiger partial charge in [0.25, 0.3) is 0 Å². The zero-order chi connectivity index (χ0) is 15.7. The fraction of sp³-hybridized carbons (Fsp3) is 0.278. The molecule has 3 nitrogen and oxygen atoms in total. The summed E-state index contributed by atoms with van der Waals surface area (Å²) in [6.07, 6.45) is 1.82. The molecule has 0 fully saturated rings. The Balaban J connectivity index is 0.00000106. The van der Waals surface area contributed by atoms with Crippen molar-refractivity contribution in [3.63, 3.8) is 0 Å². The van der Waals surface area contributed by atoms with Gasteiger partial charge in [-0.1, -0.05) is 38.1 Å². The molecule has 0 radical (unpaired) electrons. The third-order valence-electron chi connectivity index (χ3n) is 2.83. The van der Waals surface area contributed by atoms with Crippen molar-refractivity contribution in [1.29, 1.82) is 0 Å². The Morgan fingerprint density at radius 3 is 2.24 bits per heavy atom. The van der Waals surface area contributed by atoms with E-state index in [1.165, 1.54) is 11.3 Å². The summed E-state index contributed by atoms with van der Waals surface area (Å²) >= 11 is 0. The van der Waals surface area contributed by atoms with Gasteiger partial charge in [0.05, 0.1) is 11.9 Å². The van der Waals surface area contributed by atoms with Crippen LogP contribution in [0, 0.1) is 6.92 Å². The summed E-state index contributed by atoms with van der Waals surface area (Å²) in [4.78, 5) is 2.08. The Labute approximate surface area is 128 Å². The van der Waals surface area contributed by atoms with Crippen molar-refractivity contribution >= 4 is 17.6 Å². The summed E-state index contributed by atoms with van der Waals surface area (Å²) in [7, 11) is 4.06. The van der Waals surface area contributed by atoms with Crippen LogP contribution < -0.4 is 10.3 Å². The highest BCUT2D eigenvalue weighted by atomic mass is 15.3. The number of aryl methyl sites for hydroxylation is 1. The van der Waals surface area contributed by atoms with Crippen molar-refractivity contribution < 1.29 is 0 Å². The third-order valence-corrected chi connectivity index (χ3v) is 2.83. The quantitative estimate of drug-likeness (QED) is 0.659. The van der Waals surface area contributed by atoms with Gasteiger partial charge >= 0.3 is 0 Å². The molecule has 0 aromatic heterocycles. The van der Waals surface area contributed by atoms with Gasteiger partial charge in [-0.15, -0.1) is 0 Å². The average Bonchev–Trinajstić information content (AvgIpc) is 2.50. The van der Waals surface area contributed by atoms with E-state index in [1.807, 2.05) is 46.3 Å². The molecule has 0 amide bonds. The first kappa shape index (κ1) is 16.8. The summed E-state index contributed by atoms with van der Waals surface area (Å²) in [5, 5.41) is 4.24. The molecule has 2 aromatic carbocycles. The van der Waals surface area contributed by atoms with E-state index >= 15 is 0 Å². The van der Waals surface area contributed by atoms with Crippen LogP contribution in [0.15, 0.2) is 53.6 Å². The molecule has 0 aliphatic rings. The minimum Gasteiger partial charge on any atom is -0.378 e. The largest absolute Gasteiger partial charge is 0.378 e. The molecule has 0 saturated heterocycles. The summed E-state index contributed by atoms with van der Waals surface area (Å²) < 4.78 is 0. The van der Waals surface area contributed by atoms with Crippen LogP contribution in [0.1, 0.15) is 25.0 Å². The second kappa shape index (κ2) is 8.80. The smallest absolute Gasteiger partial charge is 0.0564 e. The molecular formula is C18H25N3. The zero-order valence-corrected chi connectivity index (χ0v) is 13.6. The predicted molar refractivity (Wildman–Crippen MR) is 94.5 cm³/mol. The highest BCUT2D eigenvalue weighted by molar-refractivity contribution is 5.80. The lowest BCUT2D eigenvalue weighted by Gasteiger charge is -2.11. The highest BCUT2D eigenvalue weighted by Gasteiger charge is 1.94. The van der Waals surface area contributed by atoms with Gasteiger partial charge in [-0.3, -0.25) is 5.43 Å². The molecule has 0 unspecified atom stereocenters. The highest BCUT2D eigenvalue weighted by Crippen LogP contribution is 2.12. The molecule has 1 N–H and O–H groups in total. The molecule has 0 saturated carbocycles. The number of nitrogens with zero attached hydrogens (tertiary/aromatic N) is 2. The van der Waals surface area contributed by atoms with Gasteiger partial charge in [0.2, 0.25) is 0 Å². The maximum atomic E-state index is 4.24. The van der Waals surface area contributed by atoms with E-state index in [4.69, 9.17) is 0 Å². The van der Waals surface area contributed by atoms with Crippen LogP contribution in [0.5, 0.6) is 0 Å². The second-order valence-electron chi connectivity index (χ2n) is 4.73. The average molecular weight is 283 g/mol. The zero-order valence-electron chi connectivity index (χ0n) is 13.6. The molecule has 0 bridgehead atoms. The molecular weight excluding hydrogens is 258 g/mol. The van der Waals surface area contributed by atoms with Crippen molar-refractivity contribution in [3.05, 3.63) is 59.7 Å². The molecule has 2 rings (SSSR count). The number of rotatable bonds is 4. The molecule has 0 aliphatic carbocycles. The number of anilines is 2. The Morgan fingerprint density at radius 1 is 1.00 bits per heavy atom. The van der Waals surface area contributed by atoms with E-state index < -0.39 is 0 Å². The normalized spacial score (nSPS) is 9.95. The maximum absolute atomic E-state index is 4.24. The Morgan fingerprint density at radius 2 is 1.67 bits per heavy atom. The van der Waals surface area contributed by atoms with Gasteiger partial charge in [-0.2, -0.15) is 5.10 Å². The molecule has 0 atom stereocenters.